The van der Waals surface area contributed by atoms with Crippen molar-refractivity contribution in [1.29, 1.82) is 0 Å². The van der Waals surface area contributed by atoms with E-state index in [2.05, 4.69) is 27.2 Å². The van der Waals surface area contributed by atoms with Gasteiger partial charge in [0.15, 0.2) is 5.01 Å². The molecule has 2 N–H and O–H groups in total. The molecule has 5 rings (SSSR count). The van der Waals surface area contributed by atoms with Gasteiger partial charge in [-0.05, 0) is 56.4 Å². The summed E-state index contributed by atoms with van der Waals surface area (Å²) in [5.74, 6) is -0.421. The number of nitrogens with one attached hydrogen (secondary N) is 2. The number of H-pyrrole nitrogens is 1. The summed E-state index contributed by atoms with van der Waals surface area (Å²) in [5, 5.41) is 4.93. The predicted octanol–water partition coefficient (Wildman–Crippen LogP) is 5.27. The zero-order valence-electron chi connectivity index (χ0n) is 19.9. The lowest BCUT2D eigenvalue weighted by atomic mass is 10.2. The van der Waals surface area contributed by atoms with E-state index in [1.807, 2.05) is 24.3 Å². The van der Waals surface area contributed by atoms with Crippen LogP contribution < -0.4 is 10.1 Å². The van der Waals surface area contributed by atoms with Gasteiger partial charge in [0.25, 0.3) is 5.91 Å². The summed E-state index contributed by atoms with van der Waals surface area (Å²) in [5.41, 5.74) is 3.52. The first-order valence-electron chi connectivity index (χ1n) is 11.6. The molecule has 0 fully saturated rings. The van der Waals surface area contributed by atoms with E-state index in [1.165, 1.54) is 11.3 Å². The van der Waals surface area contributed by atoms with Gasteiger partial charge in [-0.2, -0.15) is 0 Å². The second-order valence-electron chi connectivity index (χ2n) is 8.58. The summed E-state index contributed by atoms with van der Waals surface area (Å²) in [6, 6.07) is 12.4. The molecule has 10 heteroatoms. The Hall–Kier alpha value is -3.40. The lowest BCUT2D eigenvalue weighted by Crippen LogP contribution is -2.25. The molecule has 1 aliphatic heterocycles. The number of fused-ring (bicyclic) bond motifs is 2. The number of halogens is 1. The number of thiazole rings is 1. The number of aromatic amines is 1. The van der Waals surface area contributed by atoms with E-state index in [0.717, 1.165) is 46.7 Å². The highest BCUT2D eigenvalue weighted by Crippen LogP contribution is 2.30. The highest BCUT2D eigenvalue weighted by molar-refractivity contribution is 7.13. The summed E-state index contributed by atoms with van der Waals surface area (Å²) in [7, 11) is 2.05. The smallest absolute Gasteiger partial charge is 0.338 e. The van der Waals surface area contributed by atoms with Crippen molar-refractivity contribution in [2.45, 2.75) is 26.5 Å². The maximum absolute atomic E-state index is 13.1. The van der Waals surface area contributed by atoms with Crippen LogP contribution in [0.1, 0.15) is 43.3 Å². The Labute approximate surface area is 217 Å². The molecule has 0 spiro atoms. The highest BCUT2D eigenvalue weighted by Gasteiger charge is 2.22. The third-order valence-corrected chi connectivity index (χ3v) is 7.20. The topological polar surface area (TPSA) is 96.5 Å². The lowest BCUT2D eigenvalue weighted by Gasteiger charge is -2.20. The molecule has 8 nitrogen and oxygen atoms in total. The Bertz CT molecular complexity index is 1450. The van der Waals surface area contributed by atoms with Crippen molar-refractivity contribution in [2.75, 3.05) is 25.5 Å². The Balaban J connectivity index is 1.38. The number of amides is 1. The van der Waals surface area contributed by atoms with E-state index < -0.39 is 5.97 Å². The van der Waals surface area contributed by atoms with Crippen LogP contribution in [0.25, 0.3) is 10.9 Å². The van der Waals surface area contributed by atoms with Crippen LogP contribution in [-0.2, 0) is 24.3 Å². The molecule has 186 valence electrons. The first kappa shape index (κ1) is 24.3. The number of carbonyl (C=O) groups excluding carboxylic acids is 2. The molecule has 3 heterocycles. The number of anilines is 1. The molecule has 0 saturated heterocycles. The number of hydrogen-bond acceptors (Lipinski definition) is 7. The van der Waals surface area contributed by atoms with Gasteiger partial charge < -0.3 is 24.7 Å². The van der Waals surface area contributed by atoms with Crippen molar-refractivity contribution in [3.8, 4) is 5.75 Å². The Morgan fingerprint density at radius 3 is 2.92 bits per heavy atom. The van der Waals surface area contributed by atoms with Crippen molar-refractivity contribution in [3.63, 3.8) is 0 Å². The number of likely N-dealkylation sites (N-methyl/N-ethyl adjacent to an activating group) is 1. The largest absolute Gasteiger partial charge is 0.485 e. The maximum atomic E-state index is 13.1. The van der Waals surface area contributed by atoms with Gasteiger partial charge in [0, 0.05) is 40.3 Å². The molecule has 1 amide bonds. The Morgan fingerprint density at radius 2 is 2.08 bits per heavy atom. The average molecular weight is 525 g/mol. The number of rotatable bonds is 7. The van der Waals surface area contributed by atoms with Crippen molar-refractivity contribution in [1.82, 2.24) is 14.9 Å². The van der Waals surface area contributed by atoms with E-state index in [0.29, 0.717) is 27.0 Å². The Kier molecular flexibility index (Phi) is 6.95. The van der Waals surface area contributed by atoms with Gasteiger partial charge in [0.05, 0.1) is 29.2 Å². The van der Waals surface area contributed by atoms with Crippen LogP contribution in [0.2, 0.25) is 5.02 Å². The van der Waals surface area contributed by atoms with E-state index in [4.69, 9.17) is 21.1 Å². The molecule has 4 aromatic rings. The van der Waals surface area contributed by atoms with Crippen molar-refractivity contribution >= 4 is 51.4 Å². The minimum absolute atomic E-state index is 0.194. The first-order valence-corrected chi connectivity index (χ1v) is 12.8. The van der Waals surface area contributed by atoms with Crippen LogP contribution in [-0.4, -0.2) is 46.9 Å². The van der Waals surface area contributed by atoms with Crippen LogP contribution in [0, 0.1) is 0 Å². The van der Waals surface area contributed by atoms with Crippen molar-refractivity contribution in [2.24, 2.45) is 0 Å². The van der Waals surface area contributed by atoms with Gasteiger partial charge in [-0.3, -0.25) is 4.79 Å². The van der Waals surface area contributed by atoms with Gasteiger partial charge in [0.2, 0.25) is 0 Å². The molecular formula is C26H25ClN4O4S. The van der Waals surface area contributed by atoms with Crippen LogP contribution in [0.4, 0.5) is 5.69 Å². The number of benzene rings is 2. The zero-order valence-corrected chi connectivity index (χ0v) is 21.5. The molecule has 36 heavy (non-hydrogen) atoms. The number of carbonyl (C=O) groups is 2. The summed E-state index contributed by atoms with van der Waals surface area (Å²) in [4.78, 5) is 36.6. The normalized spacial score (nSPS) is 13.4. The van der Waals surface area contributed by atoms with Crippen molar-refractivity contribution in [3.05, 3.63) is 74.3 Å². The van der Waals surface area contributed by atoms with E-state index in [-0.39, 0.29) is 19.1 Å². The van der Waals surface area contributed by atoms with E-state index in [1.54, 1.807) is 25.1 Å². The summed E-state index contributed by atoms with van der Waals surface area (Å²) < 4.78 is 11.2. The van der Waals surface area contributed by atoms with Crippen LogP contribution in [0.3, 0.4) is 0 Å². The molecule has 0 saturated carbocycles. The minimum Gasteiger partial charge on any atom is -0.485 e. The fraction of sp³-hybridized carbons (Fsp3) is 0.269. The standard InChI is InChI=1S/C26H25ClN4O4S/c1-3-34-26(33)15-4-6-20(29-24(32)25-30-21-8-9-31(2)13-23(21)36-25)22(12-15)35-14-18-11-16-10-17(27)5-7-19(16)28-18/h4-7,10-12,28H,3,8-9,13-14H2,1-2H3,(H,29,32). The van der Waals surface area contributed by atoms with Crippen LogP contribution in [0.5, 0.6) is 5.75 Å². The lowest BCUT2D eigenvalue weighted by molar-refractivity contribution is 0.0525. The van der Waals surface area contributed by atoms with Gasteiger partial charge in [-0.1, -0.05) is 11.6 Å². The number of esters is 1. The minimum atomic E-state index is -0.461. The van der Waals surface area contributed by atoms with Gasteiger partial charge in [-0.15, -0.1) is 11.3 Å². The molecule has 0 atom stereocenters. The first-order chi connectivity index (χ1) is 17.4. The number of aromatic nitrogens is 2. The fourth-order valence-electron chi connectivity index (χ4n) is 4.08. The van der Waals surface area contributed by atoms with Gasteiger partial charge in [0.1, 0.15) is 12.4 Å². The van der Waals surface area contributed by atoms with Crippen LogP contribution in [0.15, 0.2) is 42.5 Å². The zero-order chi connectivity index (χ0) is 25.2. The Morgan fingerprint density at radius 1 is 1.22 bits per heavy atom. The molecule has 0 unspecified atom stereocenters. The number of nitrogens with zero attached hydrogens (tertiary/aromatic N) is 2. The number of hydrogen-bond donors (Lipinski definition) is 2. The molecule has 2 aromatic carbocycles. The third kappa shape index (κ3) is 5.23. The summed E-state index contributed by atoms with van der Waals surface area (Å²) in [6.45, 7) is 3.91. The second-order valence-corrected chi connectivity index (χ2v) is 10.1. The molecule has 2 aromatic heterocycles. The molecular weight excluding hydrogens is 500 g/mol. The SMILES string of the molecule is CCOC(=O)c1ccc(NC(=O)c2nc3c(s2)CN(C)CC3)c(OCc2cc3cc(Cl)ccc3[nH]2)c1. The van der Waals surface area contributed by atoms with Gasteiger partial charge in [-0.25, -0.2) is 9.78 Å². The fourth-order valence-corrected chi connectivity index (χ4v) is 5.34. The van der Waals surface area contributed by atoms with Crippen molar-refractivity contribution < 1.29 is 19.1 Å². The molecule has 0 aliphatic carbocycles. The van der Waals surface area contributed by atoms with Crippen LogP contribution >= 0.6 is 22.9 Å². The summed E-state index contributed by atoms with van der Waals surface area (Å²) in [6.07, 6.45) is 0.827. The second kappa shape index (κ2) is 10.3. The number of ether oxygens (including phenoxy) is 2. The predicted molar refractivity (Wildman–Crippen MR) is 140 cm³/mol. The quantitative estimate of drug-likeness (QED) is 0.319. The average Bonchev–Trinajstić information content (AvgIpc) is 3.46. The van der Waals surface area contributed by atoms with E-state index in [9.17, 15) is 9.59 Å². The molecule has 0 radical (unpaired) electrons. The molecule has 1 aliphatic rings. The van der Waals surface area contributed by atoms with Gasteiger partial charge >= 0.3 is 5.97 Å². The third-order valence-electron chi connectivity index (χ3n) is 5.88. The maximum Gasteiger partial charge on any atom is 0.338 e. The monoisotopic (exact) mass is 524 g/mol. The highest BCUT2D eigenvalue weighted by atomic mass is 35.5. The van der Waals surface area contributed by atoms with E-state index >= 15 is 0 Å². The molecule has 0 bridgehead atoms. The summed E-state index contributed by atoms with van der Waals surface area (Å²) >= 11 is 7.50.